The van der Waals surface area contributed by atoms with Crippen molar-refractivity contribution in [2.75, 3.05) is 25.0 Å². The maximum atomic E-state index is 12.8. The third-order valence-electron chi connectivity index (χ3n) is 4.22. The van der Waals surface area contributed by atoms with Crippen molar-refractivity contribution in [1.29, 1.82) is 0 Å². The van der Waals surface area contributed by atoms with Crippen LogP contribution in [0.2, 0.25) is 0 Å². The molecular weight excluding hydrogens is 386 g/mol. The summed E-state index contributed by atoms with van der Waals surface area (Å²) in [5, 5.41) is 7.07. The molecule has 1 aromatic heterocycles. The van der Waals surface area contributed by atoms with Crippen molar-refractivity contribution >= 4 is 32.6 Å². The van der Waals surface area contributed by atoms with Crippen LogP contribution in [0.15, 0.2) is 41.3 Å². The average Bonchev–Trinajstić information content (AvgIpc) is 2.95. The second kappa shape index (κ2) is 7.04. The predicted octanol–water partition coefficient (Wildman–Crippen LogP) is 2.31. The van der Waals surface area contributed by atoms with Crippen molar-refractivity contribution in [3.8, 4) is 11.5 Å². The summed E-state index contributed by atoms with van der Waals surface area (Å²) >= 11 is 0. The molecule has 0 saturated heterocycles. The Bertz CT molecular complexity index is 1160. The number of carbonyl (C=O) groups is 1. The van der Waals surface area contributed by atoms with Gasteiger partial charge in [-0.25, -0.2) is 13.2 Å². The molecule has 0 radical (unpaired) electrons. The minimum Gasteiger partial charge on any atom is -0.490 e. The van der Waals surface area contributed by atoms with Gasteiger partial charge in [-0.2, -0.15) is 5.10 Å². The number of nitrogens with zero attached hydrogens (tertiary/aromatic N) is 1. The number of esters is 1. The molecule has 2 heterocycles. The van der Waals surface area contributed by atoms with E-state index in [1.807, 2.05) is 0 Å². The second-order valence-corrected chi connectivity index (χ2v) is 7.77. The minimum absolute atomic E-state index is 0.0391. The lowest BCUT2D eigenvalue weighted by atomic mass is 10.2. The first-order valence-corrected chi connectivity index (χ1v) is 9.95. The first kappa shape index (κ1) is 18.1. The normalized spacial score (nSPS) is 13.8. The van der Waals surface area contributed by atoms with Gasteiger partial charge in [-0.1, -0.05) is 0 Å². The number of rotatable bonds is 4. The minimum atomic E-state index is -3.88. The van der Waals surface area contributed by atoms with Crippen LogP contribution < -0.4 is 14.2 Å². The van der Waals surface area contributed by atoms with Crippen molar-refractivity contribution in [3.63, 3.8) is 0 Å². The summed E-state index contributed by atoms with van der Waals surface area (Å²) in [5.74, 6) is 0.284. The third-order valence-corrected chi connectivity index (χ3v) is 5.60. The number of carbonyl (C=O) groups excluding carboxylic acids is 1. The first-order chi connectivity index (χ1) is 13.5. The smallest absolute Gasteiger partial charge is 0.359 e. The van der Waals surface area contributed by atoms with Crippen LogP contribution in [0.4, 0.5) is 5.69 Å². The highest BCUT2D eigenvalue weighted by atomic mass is 32.2. The Morgan fingerprint density at radius 3 is 2.71 bits per heavy atom. The maximum absolute atomic E-state index is 12.8. The number of H-pyrrole nitrogens is 1. The number of nitrogens with one attached hydrogen (secondary N) is 2. The molecule has 2 N–H and O–H groups in total. The van der Waals surface area contributed by atoms with Gasteiger partial charge in [0.05, 0.1) is 30.7 Å². The number of hydrogen-bond acceptors (Lipinski definition) is 7. The molecule has 10 heteroatoms. The van der Waals surface area contributed by atoms with E-state index in [0.29, 0.717) is 35.6 Å². The van der Waals surface area contributed by atoms with Gasteiger partial charge in [0.15, 0.2) is 17.2 Å². The van der Waals surface area contributed by atoms with Gasteiger partial charge in [-0.3, -0.25) is 9.82 Å². The summed E-state index contributed by atoms with van der Waals surface area (Å²) in [5.41, 5.74) is 0.944. The molecule has 9 nitrogen and oxygen atoms in total. The Balaban J connectivity index is 1.66. The van der Waals surface area contributed by atoms with Crippen LogP contribution in [-0.4, -0.2) is 44.9 Å². The highest BCUT2D eigenvalue weighted by Crippen LogP contribution is 2.32. The van der Waals surface area contributed by atoms with Crippen LogP contribution in [-0.2, 0) is 14.8 Å². The van der Waals surface area contributed by atoms with E-state index in [1.54, 1.807) is 18.2 Å². The molecule has 2 aromatic carbocycles. The zero-order valence-corrected chi connectivity index (χ0v) is 15.7. The van der Waals surface area contributed by atoms with E-state index >= 15 is 0 Å². The highest BCUT2D eigenvalue weighted by Gasteiger charge is 2.20. The van der Waals surface area contributed by atoms with Crippen molar-refractivity contribution in [2.24, 2.45) is 0 Å². The molecule has 0 spiro atoms. The van der Waals surface area contributed by atoms with E-state index < -0.39 is 16.0 Å². The number of aromatic nitrogens is 2. The highest BCUT2D eigenvalue weighted by molar-refractivity contribution is 7.92. The van der Waals surface area contributed by atoms with Crippen molar-refractivity contribution in [2.45, 2.75) is 11.3 Å². The number of hydrogen-bond donors (Lipinski definition) is 2. The molecule has 0 aliphatic carbocycles. The lowest BCUT2D eigenvalue weighted by Crippen LogP contribution is -2.13. The molecule has 0 unspecified atom stereocenters. The number of aromatic amines is 1. The molecule has 0 fully saturated rings. The largest absolute Gasteiger partial charge is 0.490 e. The molecule has 0 bridgehead atoms. The molecule has 1 aliphatic rings. The molecule has 0 saturated carbocycles. The van der Waals surface area contributed by atoms with Crippen LogP contribution in [0, 0.1) is 0 Å². The number of sulfonamides is 1. The monoisotopic (exact) mass is 403 g/mol. The Hall–Kier alpha value is -3.27. The Morgan fingerprint density at radius 2 is 1.93 bits per heavy atom. The Kier molecular flexibility index (Phi) is 4.55. The summed E-state index contributed by atoms with van der Waals surface area (Å²) in [6.45, 7) is 0.974. The van der Waals surface area contributed by atoms with E-state index in [4.69, 9.17) is 14.2 Å². The number of fused-ring (bicyclic) bond motifs is 2. The third kappa shape index (κ3) is 3.33. The van der Waals surface area contributed by atoms with Gasteiger partial charge in [0.25, 0.3) is 10.0 Å². The zero-order valence-electron chi connectivity index (χ0n) is 14.9. The molecule has 0 atom stereocenters. The lowest BCUT2D eigenvalue weighted by molar-refractivity contribution is 0.0596. The number of methoxy groups -OCH3 is 1. The predicted molar refractivity (Wildman–Crippen MR) is 100 cm³/mol. The average molecular weight is 403 g/mol. The van der Waals surface area contributed by atoms with E-state index in [9.17, 15) is 13.2 Å². The standard InChI is InChI=1S/C18H17N3O6S/c1-25-18(22)17-13-9-11(3-5-14(13)19-20-17)21-28(23,24)12-4-6-15-16(10-12)27-8-2-7-26-15/h3-6,9-10,21H,2,7-8H2,1H3,(H,19,20). The number of anilines is 1. The van der Waals surface area contributed by atoms with Crippen LogP contribution in [0.5, 0.6) is 11.5 Å². The SMILES string of the molecule is COC(=O)c1n[nH]c2ccc(NS(=O)(=O)c3ccc4c(c3)OCCCO4)cc12. The van der Waals surface area contributed by atoms with E-state index in [0.717, 1.165) is 6.42 Å². The maximum Gasteiger partial charge on any atom is 0.359 e. The fourth-order valence-corrected chi connectivity index (χ4v) is 3.92. The van der Waals surface area contributed by atoms with E-state index in [1.165, 1.54) is 25.3 Å². The second-order valence-electron chi connectivity index (χ2n) is 6.09. The number of ether oxygens (including phenoxy) is 3. The van der Waals surface area contributed by atoms with Crippen LogP contribution in [0.3, 0.4) is 0 Å². The Labute approximate surface area is 160 Å². The van der Waals surface area contributed by atoms with Crippen molar-refractivity contribution < 1.29 is 27.4 Å². The van der Waals surface area contributed by atoms with Gasteiger partial charge in [0.2, 0.25) is 0 Å². The summed E-state index contributed by atoms with van der Waals surface area (Å²) in [7, 11) is -2.63. The van der Waals surface area contributed by atoms with Gasteiger partial charge >= 0.3 is 5.97 Å². The molecule has 28 heavy (non-hydrogen) atoms. The van der Waals surface area contributed by atoms with Crippen LogP contribution in [0.25, 0.3) is 10.9 Å². The van der Waals surface area contributed by atoms with Gasteiger partial charge in [-0.15, -0.1) is 0 Å². The molecule has 1 aliphatic heterocycles. The van der Waals surface area contributed by atoms with E-state index in [2.05, 4.69) is 14.9 Å². The first-order valence-electron chi connectivity index (χ1n) is 8.47. The van der Waals surface area contributed by atoms with Crippen molar-refractivity contribution in [1.82, 2.24) is 10.2 Å². The van der Waals surface area contributed by atoms with Gasteiger partial charge in [0, 0.05) is 23.6 Å². The van der Waals surface area contributed by atoms with Crippen LogP contribution >= 0.6 is 0 Å². The molecule has 146 valence electrons. The molecule has 4 rings (SSSR count). The molecular formula is C18H17N3O6S. The van der Waals surface area contributed by atoms with Gasteiger partial charge in [0.1, 0.15) is 0 Å². The number of benzene rings is 2. The lowest BCUT2D eigenvalue weighted by Gasteiger charge is -2.11. The molecule has 0 amide bonds. The van der Waals surface area contributed by atoms with Crippen LogP contribution in [0.1, 0.15) is 16.9 Å². The molecule has 3 aromatic rings. The summed E-state index contributed by atoms with van der Waals surface area (Å²) in [4.78, 5) is 11.8. The Morgan fingerprint density at radius 1 is 1.14 bits per heavy atom. The zero-order chi connectivity index (χ0) is 19.7. The topological polar surface area (TPSA) is 120 Å². The fraction of sp³-hybridized carbons (Fsp3) is 0.222. The quantitative estimate of drug-likeness (QED) is 0.642. The summed E-state index contributed by atoms with van der Waals surface area (Å²) in [6.07, 6.45) is 0.724. The van der Waals surface area contributed by atoms with E-state index in [-0.39, 0.29) is 16.3 Å². The van der Waals surface area contributed by atoms with Crippen molar-refractivity contribution in [3.05, 3.63) is 42.1 Å². The summed E-state index contributed by atoms with van der Waals surface area (Å²) in [6, 6.07) is 9.17. The van der Waals surface area contributed by atoms with Gasteiger partial charge in [-0.05, 0) is 30.3 Å². The summed E-state index contributed by atoms with van der Waals surface area (Å²) < 4.78 is 43.9. The fourth-order valence-electron chi connectivity index (χ4n) is 2.85. The van der Waals surface area contributed by atoms with Gasteiger partial charge < -0.3 is 14.2 Å².